The standard InChI is InChI=1S/C24H27NO4/c1-21-8-5-16(26)19-20(28)13(11-23(19,21)12-25)18-14(21)3-7-22(2)15(18)4-9-24(22)10-6-17(27)29-24/h3,13,15,18-19H,4-11H2,1-2H3/t13-,15?,18?,19?,21?,22?,23-,24+/m0/s1. The lowest BCUT2D eigenvalue weighted by molar-refractivity contribution is -0.161. The van der Waals surface area contributed by atoms with Gasteiger partial charge in [0.05, 0.1) is 17.4 Å². The Bertz CT molecular complexity index is 960. The van der Waals surface area contributed by atoms with Crippen molar-refractivity contribution in [1.29, 1.82) is 5.26 Å². The van der Waals surface area contributed by atoms with E-state index in [2.05, 4.69) is 26.0 Å². The van der Waals surface area contributed by atoms with Gasteiger partial charge in [0.15, 0.2) is 0 Å². The maximum Gasteiger partial charge on any atom is 0.306 e. The van der Waals surface area contributed by atoms with Gasteiger partial charge in [0.25, 0.3) is 0 Å². The molecule has 152 valence electrons. The van der Waals surface area contributed by atoms with Crippen LogP contribution in [-0.2, 0) is 19.1 Å². The fourth-order valence-corrected chi connectivity index (χ4v) is 8.89. The van der Waals surface area contributed by atoms with Crippen LogP contribution in [-0.4, -0.2) is 23.1 Å². The van der Waals surface area contributed by atoms with E-state index in [0.29, 0.717) is 25.7 Å². The van der Waals surface area contributed by atoms with E-state index in [-0.39, 0.29) is 40.7 Å². The number of allylic oxidation sites excluding steroid dienone is 2. The molecular weight excluding hydrogens is 366 g/mol. The van der Waals surface area contributed by atoms with Crippen LogP contribution in [0.2, 0.25) is 0 Å². The van der Waals surface area contributed by atoms with E-state index < -0.39 is 22.3 Å². The second-order valence-corrected chi connectivity index (χ2v) is 10.9. The number of carbonyl (C=O) groups excluding carboxylic acids is 3. The summed E-state index contributed by atoms with van der Waals surface area (Å²) >= 11 is 0. The van der Waals surface area contributed by atoms with Crippen molar-refractivity contribution in [3.8, 4) is 6.07 Å². The van der Waals surface area contributed by atoms with Gasteiger partial charge in [0, 0.05) is 29.6 Å². The molecule has 1 spiro atoms. The van der Waals surface area contributed by atoms with E-state index in [1.165, 1.54) is 5.57 Å². The summed E-state index contributed by atoms with van der Waals surface area (Å²) in [4.78, 5) is 38.4. The van der Waals surface area contributed by atoms with Gasteiger partial charge in [-0.25, -0.2) is 0 Å². The number of Topliss-reactive ketones (excluding diaryl/α,β-unsaturated/α-hetero) is 2. The van der Waals surface area contributed by atoms with Gasteiger partial charge in [-0.05, 0) is 50.4 Å². The van der Waals surface area contributed by atoms with Gasteiger partial charge in [0.2, 0.25) is 0 Å². The van der Waals surface area contributed by atoms with E-state index in [4.69, 9.17) is 4.74 Å². The number of ketones is 2. The van der Waals surface area contributed by atoms with Gasteiger partial charge < -0.3 is 4.74 Å². The second kappa shape index (κ2) is 5.02. The smallest absolute Gasteiger partial charge is 0.306 e. The highest BCUT2D eigenvalue weighted by molar-refractivity contribution is 6.08. The van der Waals surface area contributed by atoms with E-state index in [1.54, 1.807) is 0 Å². The first-order chi connectivity index (χ1) is 13.7. The van der Waals surface area contributed by atoms with Crippen LogP contribution in [0.1, 0.15) is 65.2 Å². The average molecular weight is 393 g/mol. The quantitative estimate of drug-likeness (QED) is 0.357. The summed E-state index contributed by atoms with van der Waals surface area (Å²) in [6, 6.07) is 2.52. The molecule has 0 aromatic heterocycles. The summed E-state index contributed by atoms with van der Waals surface area (Å²) in [7, 11) is 0. The Balaban J connectivity index is 1.53. The van der Waals surface area contributed by atoms with Crippen molar-refractivity contribution >= 4 is 17.5 Å². The third kappa shape index (κ3) is 1.67. The van der Waals surface area contributed by atoms with Crippen molar-refractivity contribution in [2.75, 3.05) is 0 Å². The van der Waals surface area contributed by atoms with Crippen molar-refractivity contribution in [1.82, 2.24) is 0 Å². The Morgan fingerprint density at radius 3 is 2.62 bits per heavy atom. The number of esters is 1. The maximum absolute atomic E-state index is 13.5. The zero-order valence-corrected chi connectivity index (χ0v) is 17.1. The zero-order chi connectivity index (χ0) is 20.4. The molecule has 5 nitrogen and oxygen atoms in total. The molecule has 8 atom stereocenters. The van der Waals surface area contributed by atoms with Crippen molar-refractivity contribution in [2.45, 2.75) is 70.8 Å². The number of nitrogens with zero attached hydrogens (tertiary/aromatic N) is 1. The van der Waals surface area contributed by atoms with Gasteiger partial charge in [-0.3, -0.25) is 14.4 Å². The normalized spacial score (nSPS) is 54.7. The fraction of sp³-hybridized carbons (Fsp3) is 0.750. The summed E-state index contributed by atoms with van der Waals surface area (Å²) in [6.45, 7) is 4.40. The summed E-state index contributed by atoms with van der Waals surface area (Å²) in [5.41, 5.74) is -0.582. The Hall–Kier alpha value is -1.96. The molecule has 0 radical (unpaired) electrons. The minimum absolute atomic E-state index is 0.0180. The lowest BCUT2D eigenvalue weighted by Gasteiger charge is -2.58. The Morgan fingerprint density at radius 1 is 1.14 bits per heavy atom. The first-order valence-electron chi connectivity index (χ1n) is 11.1. The van der Waals surface area contributed by atoms with Gasteiger partial charge in [-0.1, -0.05) is 25.5 Å². The van der Waals surface area contributed by atoms with Crippen LogP contribution in [0.5, 0.6) is 0 Å². The molecule has 0 amide bonds. The fourth-order valence-electron chi connectivity index (χ4n) is 8.89. The molecule has 0 aromatic carbocycles. The van der Waals surface area contributed by atoms with Gasteiger partial charge in [-0.2, -0.15) is 5.26 Å². The highest BCUT2D eigenvalue weighted by atomic mass is 16.6. The molecule has 0 aromatic rings. The number of carbonyl (C=O) groups is 3. The van der Waals surface area contributed by atoms with Crippen molar-refractivity contribution in [3.63, 3.8) is 0 Å². The molecule has 1 aliphatic heterocycles. The predicted octanol–water partition coefficient (Wildman–Crippen LogP) is 3.52. The average Bonchev–Trinajstić information content (AvgIpc) is 3.31. The number of fused-ring (bicyclic) bond motifs is 7. The van der Waals surface area contributed by atoms with Crippen LogP contribution in [0.3, 0.4) is 0 Å². The predicted molar refractivity (Wildman–Crippen MR) is 102 cm³/mol. The van der Waals surface area contributed by atoms with E-state index in [0.717, 1.165) is 25.7 Å². The first kappa shape index (κ1) is 17.9. The van der Waals surface area contributed by atoms with Gasteiger partial charge in [0.1, 0.15) is 17.2 Å². The number of nitriles is 1. The molecular formula is C24H27NO4. The second-order valence-electron chi connectivity index (χ2n) is 10.9. The lowest BCUT2D eigenvalue weighted by Crippen LogP contribution is -2.56. The van der Waals surface area contributed by atoms with Crippen molar-refractivity contribution < 1.29 is 19.1 Å². The van der Waals surface area contributed by atoms with Crippen molar-refractivity contribution in [3.05, 3.63) is 11.6 Å². The third-order valence-electron chi connectivity index (χ3n) is 10.4. The van der Waals surface area contributed by atoms with Crippen LogP contribution >= 0.6 is 0 Å². The molecule has 6 rings (SSSR count). The van der Waals surface area contributed by atoms with Gasteiger partial charge in [-0.15, -0.1) is 0 Å². The number of hydrogen-bond donors (Lipinski definition) is 0. The van der Waals surface area contributed by atoms with Crippen LogP contribution < -0.4 is 0 Å². The molecule has 0 N–H and O–H groups in total. The maximum atomic E-state index is 13.5. The highest BCUT2D eigenvalue weighted by Crippen LogP contribution is 2.75. The Kier molecular flexibility index (Phi) is 3.09. The zero-order valence-electron chi connectivity index (χ0n) is 17.1. The number of rotatable bonds is 0. The first-order valence-corrected chi connectivity index (χ1v) is 11.1. The van der Waals surface area contributed by atoms with E-state index in [1.807, 2.05) is 0 Å². The number of hydrogen-bond acceptors (Lipinski definition) is 5. The third-order valence-corrected chi connectivity index (χ3v) is 10.4. The largest absolute Gasteiger partial charge is 0.458 e. The van der Waals surface area contributed by atoms with E-state index >= 15 is 0 Å². The van der Waals surface area contributed by atoms with Crippen LogP contribution in [0, 0.1) is 51.2 Å². The minimum atomic E-state index is -0.865. The summed E-state index contributed by atoms with van der Waals surface area (Å²) in [5.74, 6) is -0.728. The monoisotopic (exact) mass is 393 g/mol. The Labute approximate surface area is 170 Å². The number of ether oxygens (including phenoxy) is 1. The molecule has 6 aliphatic rings. The highest BCUT2D eigenvalue weighted by Gasteiger charge is 2.76. The van der Waals surface area contributed by atoms with Crippen LogP contribution in [0.25, 0.3) is 0 Å². The molecule has 1 saturated heterocycles. The lowest BCUT2D eigenvalue weighted by atomic mass is 9.43. The molecule has 1 heterocycles. The van der Waals surface area contributed by atoms with Crippen molar-refractivity contribution in [2.24, 2.45) is 39.9 Å². The SMILES string of the molecule is CC12CC=C3C(C1CC[C@@]21CCC(=O)O1)[C@@H]1C[C@]2(C#N)C(C(=O)CCC32C)C1=O. The van der Waals surface area contributed by atoms with E-state index in [9.17, 15) is 19.6 Å². The van der Waals surface area contributed by atoms with Crippen LogP contribution in [0.4, 0.5) is 0 Å². The topological polar surface area (TPSA) is 84.2 Å². The molecule has 5 unspecified atom stereocenters. The molecule has 5 fully saturated rings. The molecule has 4 saturated carbocycles. The minimum Gasteiger partial charge on any atom is -0.458 e. The summed E-state index contributed by atoms with van der Waals surface area (Å²) in [6.07, 6.45) is 7.78. The molecule has 29 heavy (non-hydrogen) atoms. The van der Waals surface area contributed by atoms with Crippen LogP contribution in [0.15, 0.2) is 11.6 Å². The summed E-state index contributed by atoms with van der Waals surface area (Å²) < 4.78 is 5.98. The molecule has 2 bridgehead atoms. The molecule has 5 aliphatic carbocycles. The van der Waals surface area contributed by atoms with Gasteiger partial charge >= 0.3 is 5.97 Å². The summed E-state index contributed by atoms with van der Waals surface area (Å²) in [5, 5.41) is 10.3. The molecule has 5 heteroatoms. The Morgan fingerprint density at radius 2 is 1.93 bits per heavy atom.